The van der Waals surface area contributed by atoms with Gasteiger partial charge in [0.25, 0.3) is 5.91 Å². The number of benzene rings is 2. The number of rotatable bonds is 5. The smallest absolute Gasteiger partial charge is 0.255 e. The van der Waals surface area contributed by atoms with Gasteiger partial charge in [-0.25, -0.2) is 4.98 Å². The second kappa shape index (κ2) is 7.19. The molecule has 0 fully saturated rings. The van der Waals surface area contributed by atoms with Crippen LogP contribution >= 0.6 is 11.6 Å². The van der Waals surface area contributed by atoms with Crippen LogP contribution in [-0.4, -0.2) is 20.6 Å². The van der Waals surface area contributed by atoms with E-state index in [2.05, 4.69) is 10.3 Å². The van der Waals surface area contributed by atoms with Crippen LogP contribution in [0.15, 0.2) is 61.2 Å². The zero-order chi connectivity index (χ0) is 16.9. The first-order chi connectivity index (χ1) is 11.6. The van der Waals surface area contributed by atoms with E-state index < -0.39 is 0 Å². The number of carbonyl (C=O) groups excluding carboxylic acids is 1. The third-order valence-corrected chi connectivity index (χ3v) is 3.84. The highest BCUT2D eigenvalue weighted by molar-refractivity contribution is 6.31. The van der Waals surface area contributed by atoms with Crippen LogP contribution in [0.4, 0.5) is 0 Å². The highest BCUT2D eigenvalue weighted by Gasteiger charge is 2.11. The molecule has 0 aliphatic carbocycles. The Morgan fingerprint density at radius 1 is 1.17 bits per heavy atom. The summed E-state index contributed by atoms with van der Waals surface area (Å²) in [7, 11) is 0. The molecule has 0 aliphatic heterocycles. The van der Waals surface area contributed by atoms with Crippen molar-refractivity contribution in [1.29, 1.82) is 0 Å². The molecule has 3 aromatic rings. The SMILES string of the molecule is O=C(NCc1ccc(Cn2ccnc2)cc1)c1cc(Cl)ccc1O. The maximum absolute atomic E-state index is 12.1. The third-order valence-electron chi connectivity index (χ3n) is 3.60. The molecule has 0 saturated heterocycles. The zero-order valence-corrected chi connectivity index (χ0v) is 13.6. The minimum atomic E-state index is -0.363. The molecular formula is C18H16ClN3O2. The van der Waals surface area contributed by atoms with E-state index in [1.807, 2.05) is 35.0 Å². The number of nitrogens with zero attached hydrogens (tertiary/aromatic N) is 2. The zero-order valence-electron chi connectivity index (χ0n) is 12.8. The molecule has 0 spiro atoms. The van der Waals surface area contributed by atoms with E-state index >= 15 is 0 Å². The Labute approximate surface area is 144 Å². The Morgan fingerprint density at radius 2 is 1.92 bits per heavy atom. The van der Waals surface area contributed by atoms with Gasteiger partial charge in [0.1, 0.15) is 5.75 Å². The monoisotopic (exact) mass is 341 g/mol. The first kappa shape index (κ1) is 16.1. The lowest BCUT2D eigenvalue weighted by Crippen LogP contribution is -2.22. The predicted octanol–water partition coefficient (Wildman–Crippen LogP) is 3.22. The molecular weight excluding hydrogens is 326 g/mol. The molecule has 1 heterocycles. The molecule has 5 nitrogen and oxygen atoms in total. The van der Waals surface area contributed by atoms with Crippen LogP contribution in [0.25, 0.3) is 0 Å². The van der Waals surface area contributed by atoms with E-state index in [1.54, 1.807) is 12.5 Å². The van der Waals surface area contributed by atoms with E-state index in [1.165, 1.54) is 18.2 Å². The second-order valence-corrected chi connectivity index (χ2v) is 5.83. The number of halogens is 1. The summed E-state index contributed by atoms with van der Waals surface area (Å²) in [5.41, 5.74) is 2.29. The molecule has 0 atom stereocenters. The number of aromatic nitrogens is 2. The molecule has 24 heavy (non-hydrogen) atoms. The van der Waals surface area contributed by atoms with Crippen LogP contribution in [0.2, 0.25) is 5.02 Å². The molecule has 122 valence electrons. The van der Waals surface area contributed by atoms with Crippen molar-refractivity contribution in [3.63, 3.8) is 0 Å². The van der Waals surface area contributed by atoms with Crippen molar-refractivity contribution in [3.8, 4) is 5.75 Å². The van der Waals surface area contributed by atoms with Gasteiger partial charge in [-0.2, -0.15) is 0 Å². The molecule has 0 saturated carbocycles. The van der Waals surface area contributed by atoms with E-state index in [9.17, 15) is 9.90 Å². The fourth-order valence-corrected chi connectivity index (χ4v) is 2.49. The van der Waals surface area contributed by atoms with Crippen LogP contribution in [-0.2, 0) is 13.1 Å². The Balaban J connectivity index is 1.60. The summed E-state index contributed by atoms with van der Waals surface area (Å²) in [5, 5.41) is 12.9. The van der Waals surface area contributed by atoms with Gasteiger partial charge in [0.15, 0.2) is 0 Å². The van der Waals surface area contributed by atoms with E-state index in [4.69, 9.17) is 11.6 Å². The van der Waals surface area contributed by atoms with Crippen LogP contribution in [0.3, 0.4) is 0 Å². The lowest BCUT2D eigenvalue weighted by molar-refractivity contribution is 0.0948. The number of phenolic OH excluding ortho intramolecular Hbond substituents is 1. The van der Waals surface area contributed by atoms with E-state index in [-0.39, 0.29) is 17.2 Å². The number of hydrogen-bond acceptors (Lipinski definition) is 3. The van der Waals surface area contributed by atoms with Gasteiger partial charge in [-0.3, -0.25) is 4.79 Å². The summed E-state index contributed by atoms with van der Waals surface area (Å²) < 4.78 is 1.98. The van der Waals surface area contributed by atoms with E-state index in [0.717, 1.165) is 17.7 Å². The van der Waals surface area contributed by atoms with Gasteiger partial charge in [-0.1, -0.05) is 35.9 Å². The number of amides is 1. The number of aromatic hydroxyl groups is 1. The molecule has 0 bridgehead atoms. The standard InChI is InChI=1S/C18H16ClN3O2/c19-15-5-6-17(23)16(9-15)18(24)21-10-13-1-3-14(4-2-13)11-22-8-7-20-12-22/h1-9,12,23H,10-11H2,(H,21,24). The quantitative estimate of drug-likeness (QED) is 0.748. The van der Waals surface area contributed by atoms with Crippen LogP contribution in [0, 0.1) is 0 Å². The third kappa shape index (κ3) is 3.94. The second-order valence-electron chi connectivity index (χ2n) is 5.40. The first-order valence-corrected chi connectivity index (χ1v) is 7.80. The lowest BCUT2D eigenvalue weighted by Gasteiger charge is -2.08. The largest absolute Gasteiger partial charge is 0.507 e. The maximum Gasteiger partial charge on any atom is 0.255 e. The van der Waals surface area contributed by atoms with Crippen molar-refractivity contribution in [1.82, 2.24) is 14.9 Å². The summed E-state index contributed by atoms with van der Waals surface area (Å²) in [6.07, 6.45) is 5.42. The van der Waals surface area contributed by atoms with Crippen molar-refractivity contribution in [2.24, 2.45) is 0 Å². The van der Waals surface area contributed by atoms with Crippen molar-refractivity contribution in [3.05, 3.63) is 82.9 Å². The molecule has 0 unspecified atom stereocenters. The average Bonchev–Trinajstić information content (AvgIpc) is 3.09. The molecule has 2 aromatic carbocycles. The van der Waals surface area contributed by atoms with Crippen LogP contribution < -0.4 is 5.32 Å². The summed E-state index contributed by atoms with van der Waals surface area (Å²) >= 11 is 5.86. The van der Waals surface area contributed by atoms with Gasteiger partial charge in [-0.15, -0.1) is 0 Å². The minimum absolute atomic E-state index is 0.0902. The molecule has 1 aromatic heterocycles. The van der Waals surface area contributed by atoms with Gasteiger partial charge >= 0.3 is 0 Å². The number of hydrogen-bond donors (Lipinski definition) is 2. The van der Waals surface area contributed by atoms with Crippen LogP contribution in [0.5, 0.6) is 5.75 Å². The predicted molar refractivity (Wildman–Crippen MR) is 92.1 cm³/mol. The number of nitrogens with one attached hydrogen (secondary N) is 1. The molecule has 0 radical (unpaired) electrons. The lowest BCUT2D eigenvalue weighted by atomic mass is 10.1. The van der Waals surface area contributed by atoms with Crippen molar-refractivity contribution in [2.75, 3.05) is 0 Å². The average molecular weight is 342 g/mol. The molecule has 0 aliphatic rings. The van der Waals surface area contributed by atoms with Crippen molar-refractivity contribution < 1.29 is 9.90 Å². The van der Waals surface area contributed by atoms with Gasteiger partial charge < -0.3 is 15.0 Å². The fourth-order valence-electron chi connectivity index (χ4n) is 2.32. The molecule has 1 amide bonds. The van der Waals surface area contributed by atoms with Crippen molar-refractivity contribution >= 4 is 17.5 Å². The van der Waals surface area contributed by atoms with E-state index in [0.29, 0.717) is 11.6 Å². The first-order valence-electron chi connectivity index (χ1n) is 7.42. The maximum atomic E-state index is 12.1. The number of carbonyl (C=O) groups is 1. The molecule has 6 heteroatoms. The van der Waals surface area contributed by atoms with Gasteiger partial charge in [0.05, 0.1) is 11.9 Å². The molecule has 3 rings (SSSR count). The summed E-state index contributed by atoms with van der Waals surface area (Å²) in [6.45, 7) is 1.12. The number of imidazole rings is 1. The van der Waals surface area contributed by atoms with Gasteiger partial charge in [0.2, 0.25) is 0 Å². The van der Waals surface area contributed by atoms with Crippen molar-refractivity contribution in [2.45, 2.75) is 13.1 Å². The molecule has 2 N–H and O–H groups in total. The normalized spacial score (nSPS) is 10.5. The summed E-state index contributed by atoms with van der Waals surface area (Å²) in [6, 6.07) is 12.3. The highest BCUT2D eigenvalue weighted by Crippen LogP contribution is 2.21. The van der Waals surface area contributed by atoms with Crippen LogP contribution in [0.1, 0.15) is 21.5 Å². The van der Waals surface area contributed by atoms with Gasteiger partial charge in [-0.05, 0) is 29.3 Å². The van der Waals surface area contributed by atoms with Gasteiger partial charge in [0, 0.05) is 30.5 Å². The highest BCUT2D eigenvalue weighted by atomic mass is 35.5. The summed E-state index contributed by atoms with van der Waals surface area (Å²) in [4.78, 5) is 16.1. The Hall–Kier alpha value is -2.79. The number of phenols is 1. The Kier molecular flexibility index (Phi) is 4.82. The summed E-state index contributed by atoms with van der Waals surface area (Å²) in [5.74, 6) is -0.454. The fraction of sp³-hybridized carbons (Fsp3) is 0.111. The topological polar surface area (TPSA) is 67.2 Å². The Bertz CT molecular complexity index is 830. The Morgan fingerprint density at radius 3 is 2.62 bits per heavy atom. The minimum Gasteiger partial charge on any atom is -0.507 e.